The number of carboxylic acids is 1. The van der Waals surface area contributed by atoms with Crippen molar-refractivity contribution in [3.05, 3.63) is 45.8 Å². The van der Waals surface area contributed by atoms with Crippen LogP contribution in [0.1, 0.15) is 40.7 Å². The lowest BCUT2D eigenvalue weighted by molar-refractivity contribution is -0.146. The Hall–Kier alpha value is -3.30. The maximum absolute atomic E-state index is 11.6. The summed E-state index contributed by atoms with van der Waals surface area (Å²) < 4.78 is 19.1. The number of furan rings is 1. The monoisotopic (exact) mass is 353 g/mol. The normalized spacial score (nSPS) is 10.4. The predicted octanol–water partition coefficient (Wildman–Crippen LogP) is 0.972. The molecule has 0 aromatic carbocycles. The largest absolute Gasteiger partial charge is 0.519 e. The van der Waals surface area contributed by atoms with Crippen molar-refractivity contribution in [1.82, 2.24) is 5.32 Å². The van der Waals surface area contributed by atoms with E-state index in [9.17, 15) is 19.2 Å². The molecule has 0 radical (unpaired) electrons. The molecule has 0 saturated heterocycles. The highest BCUT2D eigenvalue weighted by Crippen LogP contribution is 2.09. The van der Waals surface area contributed by atoms with Crippen LogP contribution in [0.4, 0.5) is 0 Å². The summed E-state index contributed by atoms with van der Waals surface area (Å²) >= 11 is 0. The second kappa shape index (κ2) is 7.99. The number of hydrogen-bond donors (Lipinski definition) is 2. The highest BCUT2D eigenvalue weighted by Gasteiger charge is 2.14. The Bertz CT molecular complexity index is 826. The summed E-state index contributed by atoms with van der Waals surface area (Å²) in [7, 11) is 0. The number of ether oxygens (including phenoxy) is 1. The number of aryl methyl sites for hydroxylation is 1. The number of carbonyl (C=O) groups excluding carboxylic acids is 2. The summed E-state index contributed by atoms with van der Waals surface area (Å²) in [6, 6.07) is 2.70. The lowest BCUT2D eigenvalue weighted by atomic mass is 10.3. The van der Waals surface area contributed by atoms with Crippen LogP contribution in [0.25, 0.3) is 0 Å². The van der Waals surface area contributed by atoms with Crippen molar-refractivity contribution in [1.29, 1.82) is 0 Å². The van der Waals surface area contributed by atoms with Gasteiger partial charge in [0.1, 0.15) is 5.76 Å². The van der Waals surface area contributed by atoms with Gasteiger partial charge in [-0.3, -0.25) is 9.59 Å². The van der Waals surface area contributed by atoms with Crippen molar-refractivity contribution in [3.63, 3.8) is 0 Å². The van der Waals surface area contributed by atoms with E-state index in [0.717, 1.165) is 0 Å². The fourth-order valence-electron chi connectivity index (χ4n) is 1.80. The molecular weight excluding hydrogens is 338 g/mol. The molecule has 0 aliphatic heterocycles. The topological polar surface area (TPSA) is 149 Å². The molecule has 0 spiro atoms. The van der Waals surface area contributed by atoms with E-state index in [2.05, 4.69) is 14.2 Å². The number of aromatic carboxylic acids is 1. The Labute approximate surface area is 140 Å². The van der Waals surface area contributed by atoms with Gasteiger partial charge in [0.25, 0.3) is 0 Å². The fourth-order valence-corrected chi connectivity index (χ4v) is 1.80. The Morgan fingerprint density at radius 2 is 1.92 bits per heavy atom. The second-order valence-corrected chi connectivity index (χ2v) is 4.94. The first-order chi connectivity index (χ1) is 11.8. The molecule has 2 heterocycles. The Balaban J connectivity index is 1.68. The van der Waals surface area contributed by atoms with Crippen LogP contribution in [0.5, 0.6) is 0 Å². The van der Waals surface area contributed by atoms with Crippen molar-refractivity contribution in [2.75, 3.05) is 0 Å². The first-order valence-corrected chi connectivity index (χ1v) is 7.19. The highest BCUT2D eigenvalue weighted by molar-refractivity contribution is 5.84. The molecule has 0 saturated carbocycles. The van der Waals surface area contributed by atoms with Crippen LogP contribution in [-0.4, -0.2) is 23.0 Å². The molecule has 10 nitrogen and oxygen atoms in total. The molecule has 1 amide bonds. The van der Waals surface area contributed by atoms with E-state index in [1.165, 1.54) is 19.1 Å². The summed E-state index contributed by atoms with van der Waals surface area (Å²) in [4.78, 5) is 44.7. The SMILES string of the molecule is Cc1oc(=O)oc1COC(=O)CCC(=O)NCc1ccc(C(=O)O)o1. The Morgan fingerprint density at radius 3 is 2.52 bits per heavy atom. The van der Waals surface area contributed by atoms with Gasteiger partial charge in [0.2, 0.25) is 11.7 Å². The Morgan fingerprint density at radius 1 is 1.16 bits per heavy atom. The maximum Gasteiger partial charge on any atom is 0.519 e. The van der Waals surface area contributed by atoms with E-state index < -0.39 is 23.7 Å². The molecular formula is C15H15NO9. The van der Waals surface area contributed by atoms with E-state index in [1.807, 2.05) is 0 Å². The minimum Gasteiger partial charge on any atom is -0.475 e. The number of rotatable bonds is 8. The third kappa shape index (κ3) is 5.37. The zero-order valence-corrected chi connectivity index (χ0v) is 13.2. The van der Waals surface area contributed by atoms with E-state index in [-0.39, 0.29) is 49.0 Å². The first kappa shape index (κ1) is 18.0. The van der Waals surface area contributed by atoms with Gasteiger partial charge in [-0.2, -0.15) is 0 Å². The minimum absolute atomic E-state index is 0.000528. The number of carboxylic acid groups (broad SMARTS) is 1. The van der Waals surface area contributed by atoms with E-state index in [1.54, 1.807) is 0 Å². The van der Waals surface area contributed by atoms with Crippen LogP contribution in [0.15, 0.2) is 30.2 Å². The lowest BCUT2D eigenvalue weighted by Crippen LogP contribution is -2.23. The van der Waals surface area contributed by atoms with E-state index in [4.69, 9.17) is 14.3 Å². The van der Waals surface area contributed by atoms with Gasteiger partial charge in [-0.05, 0) is 19.1 Å². The molecule has 0 bridgehead atoms. The molecule has 10 heteroatoms. The average molecular weight is 353 g/mol. The van der Waals surface area contributed by atoms with Gasteiger partial charge in [0.05, 0.1) is 13.0 Å². The van der Waals surface area contributed by atoms with Crippen molar-refractivity contribution in [3.8, 4) is 0 Å². The van der Waals surface area contributed by atoms with E-state index >= 15 is 0 Å². The molecule has 134 valence electrons. The third-order valence-electron chi connectivity index (χ3n) is 3.09. The minimum atomic E-state index is -1.20. The standard InChI is InChI=1S/C15H15NO9/c1-8-11(25-15(21)23-8)7-22-13(18)5-4-12(17)16-6-9-2-3-10(24-9)14(19)20/h2-3H,4-7H2,1H3,(H,16,17)(H,19,20). The van der Waals surface area contributed by atoms with Crippen LogP contribution in [0.3, 0.4) is 0 Å². The highest BCUT2D eigenvalue weighted by atomic mass is 16.6. The zero-order valence-electron chi connectivity index (χ0n) is 13.2. The third-order valence-corrected chi connectivity index (χ3v) is 3.09. The average Bonchev–Trinajstić information content (AvgIpc) is 3.15. The van der Waals surface area contributed by atoms with Crippen LogP contribution < -0.4 is 11.1 Å². The fraction of sp³-hybridized carbons (Fsp3) is 0.333. The molecule has 2 rings (SSSR count). The predicted molar refractivity (Wildman–Crippen MR) is 78.5 cm³/mol. The number of hydrogen-bond acceptors (Lipinski definition) is 8. The molecule has 0 fully saturated rings. The molecule has 25 heavy (non-hydrogen) atoms. The Kier molecular flexibility index (Phi) is 5.77. The van der Waals surface area contributed by atoms with Gasteiger partial charge >= 0.3 is 17.8 Å². The summed E-state index contributed by atoms with van der Waals surface area (Å²) in [5.74, 6) is -2.80. The second-order valence-electron chi connectivity index (χ2n) is 4.94. The lowest BCUT2D eigenvalue weighted by Gasteiger charge is -2.04. The quantitative estimate of drug-likeness (QED) is 0.662. The number of nitrogens with one attached hydrogen (secondary N) is 1. The zero-order chi connectivity index (χ0) is 18.4. The smallest absolute Gasteiger partial charge is 0.475 e. The van der Waals surface area contributed by atoms with Gasteiger partial charge in [-0.15, -0.1) is 0 Å². The first-order valence-electron chi connectivity index (χ1n) is 7.19. The summed E-state index contributed by atoms with van der Waals surface area (Å²) in [5.41, 5.74) is 0. The van der Waals surface area contributed by atoms with Crippen molar-refractivity contribution in [2.24, 2.45) is 0 Å². The molecule has 2 aromatic heterocycles. The molecule has 0 unspecified atom stereocenters. The number of carbonyl (C=O) groups is 3. The molecule has 0 aliphatic carbocycles. The summed E-state index contributed by atoms with van der Waals surface area (Å²) in [6.45, 7) is 1.23. The van der Waals surface area contributed by atoms with Crippen LogP contribution >= 0.6 is 0 Å². The van der Waals surface area contributed by atoms with Gasteiger partial charge in [0.15, 0.2) is 18.1 Å². The van der Waals surface area contributed by atoms with Gasteiger partial charge < -0.3 is 28.4 Å². The van der Waals surface area contributed by atoms with Crippen molar-refractivity contribution < 1.29 is 37.5 Å². The van der Waals surface area contributed by atoms with Gasteiger partial charge in [0, 0.05) is 6.42 Å². The van der Waals surface area contributed by atoms with Crippen molar-refractivity contribution in [2.45, 2.75) is 32.9 Å². The summed E-state index contributed by atoms with van der Waals surface area (Å²) in [5, 5.41) is 11.2. The van der Waals surface area contributed by atoms with Crippen LogP contribution in [-0.2, 0) is 27.5 Å². The van der Waals surface area contributed by atoms with Crippen LogP contribution in [0.2, 0.25) is 0 Å². The summed E-state index contributed by atoms with van der Waals surface area (Å²) in [6.07, 6.45) is -0.300. The van der Waals surface area contributed by atoms with Crippen LogP contribution in [0, 0.1) is 6.92 Å². The van der Waals surface area contributed by atoms with E-state index in [0.29, 0.717) is 0 Å². The number of amides is 1. The number of esters is 1. The van der Waals surface area contributed by atoms with Crippen molar-refractivity contribution >= 4 is 17.8 Å². The molecule has 2 N–H and O–H groups in total. The maximum atomic E-state index is 11.6. The van der Waals surface area contributed by atoms with Gasteiger partial charge in [-0.1, -0.05) is 0 Å². The molecule has 0 aliphatic rings. The molecule has 2 aromatic rings. The molecule has 0 atom stereocenters. The van der Waals surface area contributed by atoms with Gasteiger partial charge in [-0.25, -0.2) is 9.59 Å².